The molecule has 0 saturated heterocycles. The fraction of sp³-hybridized carbons (Fsp3) is 0.167. The van der Waals surface area contributed by atoms with E-state index in [1.54, 1.807) is 12.3 Å². The first kappa shape index (κ1) is 13.2. The first-order valence-corrected chi connectivity index (χ1v) is 6.88. The van der Waals surface area contributed by atoms with Crippen LogP contribution in [0.2, 0.25) is 0 Å². The van der Waals surface area contributed by atoms with Crippen LogP contribution in [-0.4, -0.2) is 16.0 Å². The Hall–Kier alpha value is -1.24. The van der Waals surface area contributed by atoms with Gasteiger partial charge in [-0.15, -0.1) is 11.3 Å². The van der Waals surface area contributed by atoms with Gasteiger partial charge in [-0.1, -0.05) is 0 Å². The number of pyridine rings is 1. The third-order valence-corrected chi connectivity index (χ3v) is 3.94. The number of nitrogens with one attached hydrogen (secondary N) is 1. The van der Waals surface area contributed by atoms with Crippen LogP contribution < -0.4 is 5.32 Å². The van der Waals surface area contributed by atoms with Gasteiger partial charge in [0.2, 0.25) is 5.91 Å². The zero-order valence-electron chi connectivity index (χ0n) is 9.39. The van der Waals surface area contributed by atoms with Crippen LogP contribution in [-0.2, 0) is 17.8 Å². The quantitative estimate of drug-likeness (QED) is 0.907. The molecule has 0 aromatic carbocycles. The maximum absolute atomic E-state index is 11.8. The Morgan fingerprint density at radius 3 is 2.94 bits per heavy atom. The second kappa shape index (κ2) is 6.08. The number of nitrogens with zero attached hydrogens (tertiary/aromatic N) is 1. The van der Waals surface area contributed by atoms with Crippen molar-refractivity contribution in [2.45, 2.75) is 13.0 Å². The molecule has 2 aromatic rings. The minimum Gasteiger partial charge on any atom is -0.392 e. The summed E-state index contributed by atoms with van der Waals surface area (Å²) >= 11 is 4.88. The summed E-state index contributed by atoms with van der Waals surface area (Å²) in [5.74, 6) is -0.118. The van der Waals surface area contributed by atoms with Gasteiger partial charge < -0.3 is 10.4 Å². The van der Waals surface area contributed by atoms with Gasteiger partial charge in [0.1, 0.15) is 0 Å². The summed E-state index contributed by atoms with van der Waals surface area (Å²) in [5.41, 5.74) is 1.21. The number of hydrogen-bond donors (Lipinski definition) is 2. The lowest BCUT2D eigenvalue weighted by Gasteiger charge is -2.07. The highest BCUT2D eigenvalue weighted by molar-refractivity contribution is 9.11. The Balaban J connectivity index is 2.03. The van der Waals surface area contributed by atoms with Crippen molar-refractivity contribution in [3.05, 3.63) is 44.8 Å². The van der Waals surface area contributed by atoms with E-state index in [0.29, 0.717) is 17.7 Å². The largest absolute Gasteiger partial charge is 0.392 e. The Morgan fingerprint density at radius 1 is 1.44 bits per heavy atom. The summed E-state index contributed by atoms with van der Waals surface area (Å²) in [6.07, 6.45) is 3.43. The van der Waals surface area contributed by atoms with E-state index in [1.165, 1.54) is 17.5 Å². The van der Waals surface area contributed by atoms with E-state index in [0.717, 1.165) is 8.66 Å². The zero-order chi connectivity index (χ0) is 13.0. The lowest BCUT2D eigenvalue weighted by Crippen LogP contribution is -2.15. The Bertz CT molecular complexity index is 557. The lowest BCUT2D eigenvalue weighted by atomic mass is 10.2. The molecule has 94 valence electrons. The molecule has 0 aliphatic heterocycles. The normalized spacial score (nSPS) is 10.3. The fourth-order valence-electron chi connectivity index (χ4n) is 1.47. The molecule has 18 heavy (non-hydrogen) atoms. The molecule has 1 amide bonds. The van der Waals surface area contributed by atoms with E-state index in [-0.39, 0.29) is 12.5 Å². The highest BCUT2D eigenvalue weighted by Gasteiger charge is 2.08. The number of rotatable bonds is 4. The van der Waals surface area contributed by atoms with Crippen LogP contribution in [0, 0.1) is 0 Å². The number of halogens is 1. The van der Waals surface area contributed by atoms with E-state index >= 15 is 0 Å². The molecule has 0 aliphatic carbocycles. The summed E-state index contributed by atoms with van der Waals surface area (Å²) in [6, 6.07) is 5.50. The summed E-state index contributed by atoms with van der Waals surface area (Å²) in [6.45, 7) is -0.122. The van der Waals surface area contributed by atoms with Gasteiger partial charge in [-0.25, -0.2) is 0 Å². The van der Waals surface area contributed by atoms with Gasteiger partial charge in [-0.3, -0.25) is 9.78 Å². The monoisotopic (exact) mass is 326 g/mol. The van der Waals surface area contributed by atoms with Crippen LogP contribution in [0.4, 0.5) is 5.69 Å². The average Bonchev–Trinajstić information content (AvgIpc) is 2.75. The molecule has 2 rings (SSSR count). The molecule has 0 unspecified atom stereocenters. The third kappa shape index (κ3) is 3.38. The molecule has 0 fully saturated rings. The molecule has 6 heteroatoms. The molecule has 0 atom stereocenters. The maximum Gasteiger partial charge on any atom is 0.229 e. The predicted octanol–water partition coefficient (Wildman–Crippen LogP) is 2.58. The second-order valence-corrected chi connectivity index (χ2v) is 6.17. The summed E-state index contributed by atoms with van der Waals surface area (Å²) in [7, 11) is 0. The average molecular weight is 327 g/mol. The minimum absolute atomic E-state index is 0.118. The van der Waals surface area contributed by atoms with Crippen molar-refractivity contribution < 1.29 is 9.90 Å². The maximum atomic E-state index is 11.8. The molecule has 2 aromatic heterocycles. The molecule has 0 aliphatic rings. The topological polar surface area (TPSA) is 62.2 Å². The number of hydrogen-bond acceptors (Lipinski definition) is 4. The van der Waals surface area contributed by atoms with Gasteiger partial charge in [0.15, 0.2) is 0 Å². The van der Waals surface area contributed by atoms with E-state index < -0.39 is 0 Å². The van der Waals surface area contributed by atoms with Crippen molar-refractivity contribution in [2.75, 3.05) is 5.32 Å². The van der Waals surface area contributed by atoms with Crippen molar-refractivity contribution in [1.82, 2.24) is 4.98 Å². The Labute approximate surface area is 117 Å². The number of anilines is 1. The van der Waals surface area contributed by atoms with Crippen LogP contribution >= 0.6 is 27.3 Å². The smallest absolute Gasteiger partial charge is 0.229 e. The van der Waals surface area contributed by atoms with Gasteiger partial charge >= 0.3 is 0 Å². The van der Waals surface area contributed by atoms with Crippen LogP contribution in [0.5, 0.6) is 0 Å². The highest BCUT2D eigenvalue weighted by atomic mass is 79.9. The van der Waals surface area contributed by atoms with E-state index in [4.69, 9.17) is 5.11 Å². The number of carbonyl (C=O) groups excluding carboxylic acids is 1. The van der Waals surface area contributed by atoms with Crippen molar-refractivity contribution in [2.24, 2.45) is 0 Å². The molecular formula is C12H11BrN2O2S. The van der Waals surface area contributed by atoms with Crippen molar-refractivity contribution in [1.29, 1.82) is 0 Å². The summed E-state index contributed by atoms with van der Waals surface area (Å²) < 4.78 is 1.00. The Kier molecular flexibility index (Phi) is 4.46. The van der Waals surface area contributed by atoms with Gasteiger partial charge in [0.05, 0.1) is 28.7 Å². The Morgan fingerprint density at radius 2 is 2.28 bits per heavy atom. The van der Waals surface area contributed by atoms with E-state index in [1.807, 2.05) is 12.1 Å². The molecule has 0 spiro atoms. The summed E-state index contributed by atoms with van der Waals surface area (Å²) in [4.78, 5) is 16.7. The first-order valence-electron chi connectivity index (χ1n) is 5.27. The minimum atomic E-state index is -0.122. The van der Waals surface area contributed by atoms with Crippen molar-refractivity contribution >= 4 is 38.9 Å². The molecule has 0 saturated carbocycles. The van der Waals surface area contributed by atoms with Crippen LogP contribution in [0.3, 0.4) is 0 Å². The standard InChI is InChI=1S/C12H11BrN2O2S/c13-11-2-1-9(18-11)5-12(17)15-10-6-14-4-3-8(10)7-16/h1-4,6,16H,5,7H2,(H,15,17). The van der Waals surface area contributed by atoms with Crippen molar-refractivity contribution in [3.63, 3.8) is 0 Å². The molecule has 4 nitrogen and oxygen atoms in total. The second-order valence-electron chi connectivity index (χ2n) is 3.62. The highest BCUT2D eigenvalue weighted by Crippen LogP contribution is 2.23. The molecular weight excluding hydrogens is 316 g/mol. The lowest BCUT2D eigenvalue weighted by molar-refractivity contribution is -0.115. The van der Waals surface area contributed by atoms with E-state index in [2.05, 4.69) is 26.2 Å². The molecule has 0 bridgehead atoms. The number of thiophene rings is 1. The first-order chi connectivity index (χ1) is 8.69. The molecule has 2 heterocycles. The van der Waals surface area contributed by atoms with Crippen LogP contribution in [0.1, 0.15) is 10.4 Å². The zero-order valence-corrected chi connectivity index (χ0v) is 11.8. The number of carbonyl (C=O) groups is 1. The van der Waals surface area contributed by atoms with E-state index in [9.17, 15) is 4.79 Å². The number of aliphatic hydroxyl groups is 1. The molecule has 2 N–H and O–H groups in total. The molecule has 0 radical (unpaired) electrons. The third-order valence-electron chi connectivity index (χ3n) is 2.32. The van der Waals surface area contributed by atoms with Gasteiger partial charge in [0, 0.05) is 16.6 Å². The SMILES string of the molecule is O=C(Cc1ccc(Br)s1)Nc1cnccc1CO. The van der Waals surface area contributed by atoms with Crippen LogP contribution in [0.15, 0.2) is 34.4 Å². The predicted molar refractivity (Wildman–Crippen MR) is 74.5 cm³/mol. The van der Waals surface area contributed by atoms with Crippen LogP contribution in [0.25, 0.3) is 0 Å². The number of amides is 1. The van der Waals surface area contributed by atoms with Gasteiger partial charge in [-0.05, 0) is 34.1 Å². The number of aromatic nitrogens is 1. The summed E-state index contributed by atoms with van der Waals surface area (Å²) in [5, 5.41) is 11.9. The van der Waals surface area contributed by atoms with Gasteiger partial charge in [0.25, 0.3) is 0 Å². The number of aliphatic hydroxyl groups excluding tert-OH is 1. The fourth-order valence-corrected chi connectivity index (χ4v) is 2.95. The van der Waals surface area contributed by atoms with Crippen molar-refractivity contribution in [3.8, 4) is 0 Å². The van der Waals surface area contributed by atoms with Gasteiger partial charge in [-0.2, -0.15) is 0 Å².